The molecular formula is C25H24N4O3S3. The number of amides is 1. The van der Waals surface area contributed by atoms with Crippen LogP contribution in [0.1, 0.15) is 35.1 Å². The maximum Gasteiger partial charge on any atom is 0.267 e. The number of nitrogens with zero attached hydrogens (tertiary/aromatic N) is 3. The van der Waals surface area contributed by atoms with Crippen LogP contribution in [0, 0.1) is 0 Å². The summed E-state index contributed by atoms with van der Waals surface area (Å²) in [5, 5.41) is 7.37. The van der Waals surface area contributed by atoms with Crippen LogP contribution in [0.3, 0.4) is 0 Å². The van der Waals surface area contributed by atoms with Gasteiger partial charge in [0.05, 0.1) is 29.6 Å². The van der Waals surface area contributed by atoms with Crippen molar-refractivity contribution in [1.82, 2.24) is 15.0 Å². The van der Waals surface area contributed by atoms with Gasteiger partial charge in [0.1, 0.15) is 10.6 Å². The molecule has 4 aromatic rings. The highest BCUT2D eigenvalue weighted by Gasteiger charge is 2.23. The number of rotatable bonds is 7. The highest BCUT2D eigenvalue weighted by atomic mass is 32.2. The van der Waals surface area contributed by atoms with E-state index in [1.54, 1.807) is 34.4 Å². The van der Waals surface area contributed by atoms with E-state index in [4.69, 9.17) is 9.72 Å². The van der Waals surface area contributed by atoms with Crippen molar-refractivity contribution in [2.45, 2.75) is 37.8 Å². The average molecular weight is 525 g/mol. The van der Waals surface area contributed by atoms with Crippen LogP contribution in [0.4, 0.5) is 0 Å². The second-order valence-electron chi connectivity index (χ2n) is 8.12. The van der Waals surface area contributed by atoms with Gasteiger partial charge in [-0.3, -0.25) is 14.2 Å². The number of methoxy groups -OCH3 is 1. The van der Waals surface area contributed by atoms with E-state index >= 15 is 0 Å². The van der Waals surface area contributed by atoms with E-state index in [1.807, 2.05) is 48.7 Å². The second kappa shape index (κ2) is 10.3. The van der Waals surface area contributed by atoms with Gasteiger partial charge in [0, 0.05) is 9.75 Å². The fraction of sp³-hybridized carbons (Fsp3) is 0.280. The molecule has 7 nitrogen and oxygen atoms in total. The fourth-order valence-electron chi connectivity index (χ4n) is 4.09. The third-order valence-corrected chi connectivity index (χ3v) is 8.95. The predicted molar refractivity (Wildman–Crippen MR) is 144 cm³/mol. The monoisotopic (exact) mass is 524 g/mol. The molecule has 0 fully saturated rings. The van der Waals surface area contributed by atoms with Crippen LogP contribution in [0.15, 0.2) is 56.8 Å². The first kappa shape index (κ1) is 23.8. The SMILES string of the molecule is COc1ccc(-n2c(SCC(=O)NN=C(C)c3cccs3)nc3sc4c(c3c2=O)CCCC4)cc1. The molecule has 3 aromatic heterocycles. The molecular weight excluding hydrogens is 501 g/mol. The van der Waals surface area contributed by atoms with Crippen LogP contribution < -0.4 is 15.7 Å². The number of carbonyl (C=O) groups is 1. The number of thioether (sulfide) groups is 1. The van der Waals surface area contributed by atoms with E-state index in [0.29, 0.717) is 22.0 Å². The molecule has 1 N–H and O–H groups in total. The largest absolute Gasteiger partial charge is 0.497 e. The molecule has 5 rings (SSSR count). The van der Waals surface area contributed by atoms with Crippen LogP contribution in [-0.4, -0.2) is 34.0 Å². The Bertz CT molecular complexity index is 1450. The van der Waals surface area contributed by atoms with Crippen molar-refractivity contribution in [1.29, 1.82) is 0 Å². The lowest BCUT2D eigenvalue weighted by atomic mass is 9.97. The van der Waals surface area contributed by atoms with Crippen LogP contribution in [0.5, 0.6) is 5.75 Å². The molecule has 0 radical (unpaired) electrons. The van der Waals surface area contributed by atoms with Crippen molar-refractivity contribution in [3.05, 3.63) is 67.4 Å². The summed E-state index contributed by atoms with van der Waals surface area (Å²) in [4.78, 5) is 34.2. The zero-order chi connectivity index (χ0) is 24.4. The van der Waals surface area contributed by atoms with E-state index < -0.39 is 0 Å². The third-order valence-electron chi connectivity index (χ3n) is 5.85. The van der Waals surface area contributed by atoms with Crippen molar-refractivity contribution < 1.29 is 9.53 Å². The van der Waals surface area contributed by atoms with Gasteiger partial charge in [0.25, 0.3) is 11.5 Å². The van der Waals surface area contributed by atoms with Crippen LogP contribution >= 0.6 is 34.4 Å². The first-order valence-corrected chi connectivity index (χ1v) is 13.9. The first-order valence-electron chi connectivity index (χ1n) is 11.3. The number of hydrogen-bond donors (Lipinski definition) is 1. The molecule has 0 aliphatic heterocycles. The topological polar surface area (TPSA) is 85.6 Å². The molecule has 1 amide bonds. The van der Waals surface area contributed by atoms with Crippen molar-refractivity contribution in [2.75, 3.05) is 12.9 Å². The highest BCUT2D eigenvalue weighted by Crippen LogP contribution is 2.35. The lowest BCUT2D eigenvalue weighted by molar-refractivity contribution is -0.118. The Morgan fingerprint density at radius 3 is 2.77 bits per heavy atom. The second-order valence-corrected chi connectivity index (χ2v) is 11.1. The van der Waals surface area contributed by atoms with Gasteiger partial charge in [-0.15, -0.1) is 22.7 Å². The van der Waals surface area contributed by atoms with Gasteiger partial charge in [-0.2, -0.15) is 5.10 Å². The Kier molecular flexibility index (Phi) is 7.03. The number of thiophene rings is 2. The molecule has 1 aromatic carbocycles. The first-order chi connectivity index (χ1) is 17.0. The molecule has 1 aliphatic rings. The molecule has 0 atom stereocenters. The number of carbonyl (C=O) groups excluding carboxylic acids is 1. The van der Waals surface area contributed by atoms with Gasteiger partial charge >= 0.3 is 0 Å². The molecule has 0 bridgehead atoms. The van der Waals surface area contributed by atoms with E-state index in [1.165, 1.54) is 16.6 Å². The van der Waals surface area contributed by atoms with Crippen LogP contribution in [0.25, 0.3) is 15.9 Å². The molecule has 0 saturated carbocycles. The Balaban J connectivity index is 1.47. The minimum absolute atomic E-state index is 0.0837. The highest BCUT2D eigenvalue weighted by molar-refractivity contribution is 7.99. The lowest BCUT2D eigenvalue weighted by Gasteiger charge is -2.14. The van der Waals surface area contributed by atoms with Crippen LogP contribution in [0.2, 0.25) is 0 Å². The predicted octanol–water partition coefficient (Wildman–Crippen LogP) is 5.03. The smallest absolute Gasteiger partial charge is 0.267 e. The summed E-state index contributed by atoms with van der Waals surface area (Å²) >= 11 is 4.40. The van der Waals surface area contributed by atoms with E-state index in [2.05, 4.69) is 10.5 Å². The zero-order valence-electron chi connectivity index (χ0n) is 19.4. The minimum atomic E-state index is -0.257. The maximum absolute atomic E-state index is 13.8. The number of nitrogens with one attached hydrogen (secondary N) is 1. The Morgan fingerprint density at radius 2 is 2.03 bits per heavy atom. The Hall–Kier alpha value is -2.95. The molecule has 3 heterocycles. The Labute approximate surface area is 214 Å². The van der Waals surface area contributed by atoms with Crippen LogP contribution in [-0.2, 0) is 17.6 Å². The van der Waals surface area contributed by atoms with Gasteiger partial charge in [0.2, 0.25) is 0 Å². The Morgan fingerprint density at radius 1 is 1.23 bits per heavy atom. The summed E-state index contributed by atoms with van der Waals surface area (Å²) in [7, 11) is 1.61. The molecule has 0 saturated heterocycles. The normalized spacial score (nSPS) is 13.6. The standard InChI is InChI=1S/C25H24N4O3S3/c1-15(19-8-5-13-33-19)27-28-21(30)14-34-25-26-23-22(18-6-3-4-7-20(18)35-23)24(31)29(25)16-9-11-17(32-2)12-10-16/h5,8-13H,3-4,6-7,14H2,1-2H3,(H,28,30). The van der Waals surface area contributed by atoms with Crippen molar-refractivity contribution in [3.8, 4) is 11.4 Å². The van der Waals surface area contributed by atoms with Gasteiger partial charge < -0.3 is 4.74 Å². The molecule has 0 unspecified atom stereocenters. The zero-order valence-corrected chi connectivity index (χ0v) is 21.8. The van der Waals surface area contributed by atoms with Gasteiger partial charge in [-0.25, -0.2) is 10.4 Å². The van der Waals surface area contributed by atoms with Crippen molar-refractivity contribution in [3.63, 3.8) is 0 Å². The third kappa shape index (κ3) is 4.91. The number of aromatic nitrogens is 2. The maximum atomic E-state index is 13.8. The molecule has 1 aliphatic carbocycles. The average Bonchev–Trinajstić information content (AvgIpc) is 3.54. The number of fused-ring (bicyclic) bond motifs is 3. The summed E-state index contributed by atoms with van der Waals surface area (Å²) in [6.45, 7) is 1.86. The quantitative estimate of drug-likeness (QED) is 0.159. The number of benzene rings is 1. The van der Waals surface area contributed by atoms with E-state index in [0.717, 1.165) is 46.7 Å². The van der Waals surface area contributed by atoms with Gasteiger partial charge in [-0.05, 0) is 73.9 Å². The number of hydrazone groups is 1. The van der Waals surface area contributed by atoms with Gasteiger partial charge in [0.15, 0.2) is 5.16 Å². The molecule has 0 spiro atoms. The number of ether oxygens (including phenoxy) is 1. The number of hydrogen-bond acceptors (Lipinski definition) is 8. The molecule has 10 heteroatoms. The number of aryl methyl sites for hydroxylation is 2. The fourth-order valence-corrected chi connectivity index (χ4v) is 6.87. The molecule has 35 heavy (non-hydrogen) atoms. The summed E-state index contributed by atoms with van der Waals surface area (Å²) < 4.78 is 6.89. The van der Waals surface area contributed by atoms with Gasteiger partial charge in [-0.1, -0.05) is 17.8 Å². The lowest BCUT2D eigenvalue weighted by Crippen LogP contribution is -2.24. The minimum Gasteiger partial charge on any atom is -0.497 e. The van der Waals surface area contributed by atoms with Crippen molar-refractivity contribution >= 4 is 56.3 Å². The summed E-state index contributed by atoms with van der Waals surface area (Å²) in [5.41, 5.74) is 5.10. The summed E-state index contributed by atoms with van der Waals surface area (Å²) in [6, 6.07) is 11.2. The van der Waals surface area contributed by atoms with Crippen molar-refractivity contribution in [2.24, 2.45) is 5.10 Å². The molecule has 180 valence electrons. The van der Waals surface area contributed by atoms with E-state index in [9.17, 15) is 9.59 Å². The summed E-state index contributed by atoms with van der Waals surface area (Å²) in [6.07, 6.45) is 4.12. The van der Waals surface area contributed by atoms with E-state index in [-0.39, 0.29) is 17.2 Å². The summed E-state index contributed by atoms with van der Waals surface area (Å²) in [5.74, 6) is 0.531.